The fraction of sp³-hybridized carbons (Fsp3) is 0.235. The van der Waals surface area contributed by atoms with Crippen LogP contribution in [0.25, 0.3) is 0 Å². The van der Waals surface area contributed by atoms with Gasteiger partial charge in [0.1, 0.15) is 18.9 Å². The lowest BCUT2D eigenvalue weighted by Crippen LogP contribution is -2.33. The smallest absolute Gasteiger partial charge is 0.405 e. The molecule has 0 fully saturated rings. The van der Waals surface area contributed by atoms with E-state index in [2.05, 4.69) is 4.72 Å². The van der Waals surface area contributed by atoms with Crippen LogP contribution in [-0.2, 0) is 10.0 Å². The van der Waals surface area contributed by atoms with Crippen LogP contribution < -0.4 is 14.8 Å². The van der Waals surface area contributed by atoms with E-state index in [1.807, 2.05) is 6.07 Å². The van der Waals surface area contributed by atoms with Crippen LogP contribution in [0.3, 0.4) is 0 Å². The lowest BCUT2D eigenvalue weighted by Gasteiger charge is -2.10. The van der Waals surface area contributed by atoms with Crippen molar-refractivity contribution in [3.05, 3.63) is 60.2 Å². The summed E-state index contributed by atoms with van der Waals surface area (Å²) in [4.78, 5) is 11.5. The van der Waals surface area contributed by atoms with Crippen molar-refractivity contribution in [2.45, 2.75) is 11.1 Å². The topological polar surface area (TPSA) is 84.5 Å². The van der Waals surface area contributed by atoms with Crippen molar-refractivity contribution >= 4 is 15.9 Å². The SMILES string of the molecule is O=C(NCC(F)(F)F)c1ccc(S(=O)(=O)NCCOc2ccccc2)cc1. The third-order valence-electron chi connectivity index (χ3n) is 3.28. The Morgan fingerprint density at radius 3 is 2.22 bits per heavy atom. The molecular formula is C17H17F3N2O4S. The molecule has 0 aliphatic rings. The Labute approximate surface area is 154 Å². The molecule has 10 heteroatoms. The van der Waals surface area contributed by atoms with E-state index < -0.39 is 28.7 Å². The number of ether oxygens (including phenoxy) is 1. The average molecular weight is 402 g/mol. The number of sulfonamides is 1. The predicted octanol–water partition coefficient (Wildman–Crippen LogP) is 2.34. The second-order valence-corrected chi connectivity index (χ2v) is 7.15. The van der Waals surface area contributed by atoms with Crippen LogP contribution in [0.1, 0.15) is 10.4 Å². The highest BCUT2D eigenvalue weighted by Gasteiger charge is 2.28. The normalized spacial score (nSPS) is 11.8. The van der Waals surface area contributed by atoms with Crippen LogP contribution in [0.2, 0.25) is 0 Å². The van der Waals surface area contributed by atoms with E-state index in [-0.39, 0.29) is 23.6 Å². The molecule has 2 aromatic carbocycles. The Bertz CT molecular complexity index is 854. The van der Waals surface area contributed by atoms with Crippen LogP contribution in [0.15, 0.2) is 59.5 Å². The lowest BCUT2D eigenvalue weighted by molar-refractivity contribution is -0.123. The average Bonchev–Trinajstić information content (AvgIpc) is 2.64. The molecule has 0 spiro atoms. The minimum absolute atomic E-state index is 0.0189. The van der Waals surface area contributed by atoms with Crippen molar-refractivity contribution in [1.82, 2.24) is 10.0 Å². The van der Waals surface area contributed by atoms with Crippen molar-refractivity contribution in [2.24, 2.45) is 0 Å². The van der Waals surface area contributed by atoms with Gasteiger partial charge in [0.05, 0.1) is 4.90 Å². The van der Waals surface area contributed by atoms with Gasteiger partial charge in [0, 0.05) is 12.1 Å². The van der Waals surface area contributed by atoms with Crippen molar-refractivity contribution < 1.29 is 31.1 Å². The van der Waals surface area contributed by atoms with Crippen LogP contribution in [0.5, 0.6) is 5.75 Å². The van der Waals surface area contributed by atoms with Gasteiger partial charge in [0.2, 0.25) is 10.0 Å². The van der Waals surface area contributed by atoms with Crippen molar-refractivity contribution in [3.63, 3.8) is 0 Å². The van der Waals surface area contributed by atoms with Gasteiger partial charge in [0.15, 0.2) is 0 Å². The first kappa shape index (κ1) is 20.7. The molecular weight excluding hydrogens is 385 g/mol. The van der Waals surface area contributed by atoms with Crippen molar-refractivity contribution in [3.8, 4) is 5.75 Å². The largest absolute Gasteiger partial charge is 0.492 e. The van der Waals surface area contributed by atoms with Crippen molar-refractivity contribution in [1.29, 1.82) is 0 Å². The molecule has 146 valence electrons. The monoisotopic (exact) mass is 402 g/mol. The van der Waals surface area contributed by atoms with E-state index in [9.17, 15) is 26.4 Å². The number of amides is 1. The molecule has 1 amide bonds. The van der Waals surface area contributed by atoms with Gasteiger partial charge in [-0.25, -0.2) is 13.1 Å². The molecule has 0 saturated carbocycles. The van der Waals surface area contributed by atoms with E-state index in [4.69, 9.17) is 4.74 Å². The number of benzene rings is 2. The number of halogens is 3. The highest BCUT2D eigenvalue weighted by molar-refractivity contribution is 7.89. The highest BCUT2D eigenvalue weighted by Crippen LogP contribution is 2.14. The second-order valence-electron chi connectivity index (χ2n) is 5.38. The zero-order valence-electron chi connectivity index (χ0n) is 14.0. The molecule has 2 aromatic rings. The van der Waals surface area contributed by atoms with Gasteiger partial charge in [-0.1, -0.05) is 18.2 Å². The van der Waals surface area contributed by atoms with Gasteiger partial charge in [-0.05, 0) is 36.4 Å². The Morgan fingerprint density at radius 1 is 1.00 bits per heavy atom. The van der Waals surface area contributed by atoms with E-state index in [0.29, 0.717) is 5.75 Å². The number of hydrogen-bond donors (Lipinski definition) is 2. The standard InChI is InChI=1S/C17H17F3N2O4S/c18-17(19,20)12-21-16(23)13-6-8-15(9-7-13)27(24,25)22-10-11-26-14-4-2-1-3-5-14/h1-9,22H,10-12H2,(H,21,23). The molecule has 6 nitrogen and oxygen atoms in total. The molecule has 2 rings (SSSR count). The van der Waals surface area contributed by atoms with Crippen LogP contribution >= 0.6 is 0 Å². The summed E-state index contributed by atoms with van der Waals surface area (Å²) < 4.78 is 68.3. The Kier molecular flexibility index (Phi) is 6.81. The van der Waals surface area contributed by atoms with Gasteiger partial charge in [0.25, 0.3) is 5.91 Å². The van der Waals surface area contributed by atoms with E-state index in [0.717, 1.165) is 24.3 Å². The zero-order valence-corrected chi connectivity index (χ0v) is 14.8. The molecule has 27 heavy (non-hydrogen) atoms. The third kappa shape index (κ3) is 6.91. The van der Waals surface area contributed by atoms with Gasteiger partial charge in [-0.3, -0.25) is 4.79 Å². The maximum absolute atomic E-state index is 12.2. The van der Waals surface area contributed by atoms with Crippen LogP contribution in [0, 0.1) is 0 Å². The number of hydrogen-bond acceptors (Lipinski definition) is 4. The summed E-state index contributed by atoms with van der Waals surface area (Å²) in [5, 5.41) is 1.71. The summed E-state index contributed by atoms with van der Waals surface area (Å²) >= 11 is 0. The Morgan fingerprint density at radius 2 is 1.63 bits per heavy atom. The highest BCUT2D eigenvalue weighted by atomic mass is 32.2. The number of para-hydroxylation sites is 1. The molecule has 0 aromatic heterocycles. The predicted molar refractivity (Wildman–Crippen MR) is 92.0 cm³/mol. The number of carbonyl (C=O) groups excluding carboxylic acids is 1. The first-order valence-corrected chi connectivity index (χ1v) is 9.28. The molecule has 0 heterocycles. The third-order valence-corrected chi connectivity index (χ3v) is 4.76. The van der Waals surface area contributed by atoms with Crippen LogP contribution in [-0.4, -0.2) is 40.2 Å². The summed E-state index contributed by atoms with van der Waals surface area (Å²) in [7, 11) is -3.83. The van der Waals surface area contributed by atoms with E-state index in [1.165, 1.54) is 0 Å². The summed E-state index contributed by atoms with van der Waals surface area (Å²) in [6.07, 6.45) is -4.52. The van der Waals surface area contributed by atoms with E-state index in [1.54, 1.807) is 29.6 Å². The van der Waals surface area contributed by atoms with Gasteiger partial charge in [-0.15, -0.1) is 0 Å². The van der Waals surface area contributed by atoms with Crippen LogP contribution in [0.4, 0.5) is 13.2 Å². The molecule has 0 unspecified atom stereocenters. The summed E-state index contributed by atoms with van der Waals surface area (Å²) in [5.41, 5.74) is -0.0781. The fourth-order valence-corrected chi connectivity index (χ4v) is 3.03. The van der Waals surface area contributed by atoms with Gasteiger partial charge in [-0.2, -0.15) is 13.2 Å². The Hall–Kier alpha value is -2.59. The quantitative estimate of drug-likeness (QED) is 0.664. The minimum atomic E-state index is -4.52. The molecule has 0 radical (unpaired) electrons. The van der Waals surface area contributed by atoms with Gasteiger partial charge >= 0.3 is 6.18 Å². The Balaban J connectivity index is 1.87. The maximum Gasteiger partial charge on any atom is 0.405 e. The van der Waals surface area contributed by atoms with Crippen molar-refractivity contribution in [2.75, 3.05) is 19.7 Å². The summed E-state index contributed by atoms with van der Waals surface area (Å²) in [6.45, 7) is -1.33. The molecule has 2 N–H and O–H groups in total. The number of rotatable bonds is 8. The fourth-order valence-electron chi connectivity index (χ4n) is 2.01. The summed E-state index contributed by atoms with van der Waals surface area (Å²) in [5.74, 6) is -0.341. The zero-order chi connectivity index (χ0) is 19.9. The molecule has 0 aliphatic heterocycles. The molecule has 0 saturated heterocycles. The first-order chi connectivity index (χ1) is 12.7. The summed E-state index contributed by atoms with van der Waals surface area (Å²) in [6, 6.07) is 13.4. The molecule has 0 atom stereocenters. The lowest BCUT2D eigenvalue weighted by atomic mass is 10.2. The first-order valence-electron chi connectivity index (χ1n) is 7.80. The number of nitrogens with one attached hydrogen (secondary N) is 2. The van der Waals surface area contributed by atoms with Gasteiger partial charge < -0.3 is 10.1 Å². The molecule has 0 bridgehead atoms. The molecule has 0 aliphatic carbocycles. The van der Waals surface area contributed by atoms with E-state index >= 15 is 0 Å². The number of carbonyl (C=O) groups is 1. The maximum atomic E-state index is 12.2. The number of alkyl halides is 3. The second kappa shape index (κ2) is 8.87. The minimum Gasteiger partial charge on any atom is -0.492 e.